The van der Waals surface area contributed by atoms with Crippen LogP contribution in [-0.4, -0.2) is 35.6 Å². The van der Waals surface area contributed by atoms with Crippen molar-refractivity contribution >= 4 is 39.2 Å². The number of amides is 1. The molecule has 2 unspecified atom stereocenters. The first-order valence-electron chi connectivity index (χ1n) is 6.41. The number of thiophene rings is 1. The molecule has 5 heteroatoms. The highest BCUT2D eigenvalue weighted by atomic mass is 79.9. The Labute approximate surface area is 126 Å². The lowest BCUT2D eigenvalue weighted by molar-refractivity contribution is -0.125. The molecular weight excluding hydrogens is 326 g/mol. The van der Waals surface area contributed by atoms with Crippen molar-refractivity contribution in [3.63, 3.8) is 0 Å². The van der Waals surface area contributed by atoms with Crippen molar-refractivity contribution in [1.29, 1.82) is 0 Å². The van der Waals surface area contributed by atoms with E-state index in [4.69, 9.17) is 0 Å². The minimum absolute atomic E-state index is 0.0105. The minimum Gasteiger partial charge on any atom is -0.393 e. The number of halogens is 1. The van der Waals surface area contributed by atoms with Gasteiger partial charge in [-0.25, -0.2) is 0 Å². The zero-order valence-corrected chi connectivity index (χ0v) is 13.3. The summed E-state index contributed by atoms with van der Waals surface area (Å²) in [5.74, 6) is 0.224. The summed E-state index contributed by atoms with van der Waals surface area (Å²) in [5.41, 5.74) is 0. The summed E-state index contributed by atoms with van der Waals surface area (Å²) in [6, 6.07) is 1.98. The second-order valence-electron chi connectivity index (χ2n) is 4.98. The number of aliphatic hydroxyl groups is 1. The van der Waals surface area contributed by atoms with Crippen LogP contribution in [0, 0.1) is 5.92 Å². The molecule has 0 aliphatic heterocycles. The topological polar surface area (TPSA) is 40.5 Å². The molecule has 0 bridgehead atoms. The van der Waals surface area contributed by atoms with Crippen molar-refractivity contribution < 1.29 is 9.90 Å². The highest BCUT2D eigenvalue weighted by molar-refractivity contribution is 9.10. The predicted octanol–water partition coefficient (Wildman–Crippen LogP) is 3.14. The van der Waals surface area contributed by atoms with E-state index in [0.717, 1.165) is 28.6 Å². The van der Waals surface area contributed by atoms with Gasteiger partial charge < -0.3 is 10.0 Å². The maximum atomic E-state index is 12.0. The van der Waals surface area contributed by atoms with Gasteiger partial charge in [0, 0.05) is 40.3 Å². The molecule has 0 spiro atoms. The summed E-state index contributed by atoms with van der Waals surface area (Å²) in [4.78, 5) is 14.7. The van der Waals surface area contributed by atoms with E-state index in [0.29, 0.717) is 6.54 Å². The zero-order chi connectivity index (χ0) is 13.8. The second-order valence-corrected chi connectivity index (χ2v) is 6.84. The summed E-state index contributed by atoms with van der Waals surface area (Å²) in [6.07, 6.45) is 6.13. The van der Waals surface area contributed by atoms with Crippen LogP contribution in [0.25, 0.3) is 6.08 Å². The third-order valence-corrected chi connectivity index (χ3v) is 5.14. The van der Waals surface area contributed by atoms with Crippen molar-refractivity contribution in [3.05, 3.63) is 26.9 Å². The molecule has 3 nitrogen and oxygen atoms in total. The first kappa shape index (κ1) is 14.8. The average Bonchev–Trinajstić information content (AvgIpc) is 2.96. The van der Waals surface area contributed by atoms with Gasteiger partial charge in [0.1, 0.15) is 0 Å². The number of hydrogen-bond donors (Lipinski definition) is 1. The van der Waals surface area contributed by atoms with E-state index in [-0.39, 0.29) is 17.9 Å². The fourth-order valence-corrected chi connectivity index (χ4v) is 3.71. The molecular formula is C14H18BrNO2S. The molecule has 1 aliphatic carbocycles. The van der Waals surface area contributed by atoms with Gasteiger partial charge in [0.2, 0.25) is 5.91 Å². The van der Waals surface area contributed by atoms with Crippen LogP contribution < -0.4 is 0 Å². The molecule has 19 heavy (non-hydrogen) atoms. The predicted molar refractivity (Wildman–Crippen MR) is 82.0 cm³/mol. The first-order chi connectivity index (χ1) is 9.06. The van der Waals surface area contributed by atoms with E-state index in [2.05, 4.69) is 15.9 Å². The lowest BCUT2D eigenvalue weighted by Crippen LogP contribution is -2.33. The SMILES string of the molecule is CN(CC1CCCC1O)C(=O)/C=C/c1cc(Br)cs1. The van der Waals surface area contributed by atoms with E-state index in [9.17, 15) is 9.90 Å². The van der Waals surface area contributed by atoms with Gasteiger partial charge >= 0.3 is 0 Å². The monoisotopic (exact) mass is 343 g/mol. The minimum atomic E-state index is -0.243. The number of rotatable bonds is 4. The van der Waals surface area contributed by atoms with E-state index in [1.165, 1.54) is 0 Å². The molecule has 2 atom stereocenters. The Morgan fingerprint density at radius 2 is 2.42 bits per heavy atom. The van der Waals surface area contributed by atoms with Crippen molar-refractivity contribution in [1.82, 2.24) is 4.90 Å². The lowest BCUT2D eigenvalue weighted by Gasteiger charge is -2.22. The molecule has 1 aromatic rings. The van der Waals surface area contributed by atoms with Crippen molar-refractivity contribution in [2.24, 2.45) is 5.92 Å². The van der Waals surface area contributed by atoms with Crippen LogP contribution in [0.1, 0.15) is 24.1 Å². The Balaban J connectivity index is 1.86. The molecule has 1 N–H and O–H groups in total. The number of likely N-dealkylation sites (N-methyl/N-ethyl adjacent to an activating group) is 1. The Hall–Kier alpha value is -0.650. The molecule has 2 rings (SSSR count). The molecule has 1 aliphatic rings. The molecule has 1 fully saturated rings. The Morgan fingerprint density at radius 1 is 1.63 bits per heavy atom. The van der Waals surface area contributed by atoms with E-state index >= 15 is 0 Å². The third kappa shape index (κ3) is 4.16. The van der Waals surface area contributed by atoms with Gasteiger partial charge in [-0.15, -0.1) is 11.3 Å². The zero-order valence-electron chi connectivity index (χ0n) is 10.9. The highest BCUT2D eigenvalue weighted by Gasteiger charge is 2.26. The Kier molecular flexibility index (Phi) is 5.19. The van der Waals surface area contributed by atoms with E-state index in [1.54, 1.807) is 29.4 Å². The molecule has 0 saturated heterocycles. The van der Waals surface area contributed by atoms with Crippen LogP contribution in [0.5, 0.6) is 0 Å². The standard InChI is InChI=1S/C14H18BrNO2S/c1-16(8-10-3-2-4-13(10)17)14(18)6-5-12-7-11(15)9-19-12/h5-7,9-10,13,17H,2-4,8H2,1H3/b6-5+. The average molecular weight is 344 g/mol. The number of nitrogens with zero attached hydrogens (tertiary/aromatic N) is 1. The van der Waals surface area contributed by atoms with Gasteiger partial charge in [0.15, 0.2) is 0 Å². The second kappa shape index (κ2) is 6.68. The molecule has 0 aromatic carbocycles. The van der Waals surface area contributed by atoms with Crippen molar-refractivity contribution in [2.45, 2.75) is 25.4 Å². The molecule has 1 heterocycles. The summed E-state index contributed by atoms with van der Waals surface area (Å²) < 4.78 is 1.03. The third-order valence-electron chi connectivity index (χ3n) is 3.48. The quantitative estimate of drug-likeness (QED) is 0.853. The molecule has 104 valence electrons. The van der Waals surface area contributed by atoms with Crippen LogP contribution in [-0.2, 0) is 4.79 Å². The Morgan fingerprint density at radius 3 is 3.00 bits per heavy atom. The number of carbonyl (C=O) groups is 1. The van der Waals surface area contributed by atoms with Gasteiger partial charge in [-0.1, -0.05) is 6.42 Å². The number of aliphatic hydroxyl groups excluding tert-OH is 1. The van der Waals surface area contributed by atoms with Crippen LogP contribution >= 0.6 is 27.3 Å². The van der Waals surface area contributed by atoms with Gasteiger partial charge in [0.05, 0.1) is 6.10 Å². The van der Waals surface area contributed by atoms with Crippen LogP contribution in [0.15, 0.2) is 22.0 Å². The summed E-state index contributed by atoms with van der Waals surface area (Å²) >= 11 is 4.98. The highest BCUT2D eigenvalue weighted by Crippen LogP contribution is 2.26. The Bertz CT molecular complexity index is 472. The fourth-order valence-electron chi connectivity index (χ4n) is 2.37. The fraction of sp³-hybridized carbons (Fsp3) is 0.500. The lowest BCUT2D eigenvalue weighted by atomic mass is 10.1. The first-order valence-corrected chi connectivity index (χ1v) is 8.09. The normalized spacial score (nSPS) is 23.1. The van der Waals surface area contributed by atoms with Crippen molar-refractivity contribution in [3.8, 4) is 0 Å². The van der Waals surface area contributed by atoms with E-state index in [1.807, 2.05) is 17.5 Å². The van der Waals surface area contributed by atoms with Crippen LogP contribution in [0.4, 0.5) is 0 Å². The van der Waals surface area contributed by atoms with Crippen LogP contribution in [0.3, 0.4) is 0 Å². The van der Waals surface area contributed by atoms with E-state index < -0.39 is 0 Å². The maximum Gasteiger partial charge on any atom is 0.246 e. The van der Waals surface area contributed by atoms with Gasteiger partial charge in [0.25, 0.3) is 0 Å². The molecule has 1 amide bonds. The van der Waals surface area contributed by atoms with Gasteiger partial charge in [-0.05, 0) is 40.9 Å². The van der Waals surface area contributed by atoms with Gasteiger partial charge in [-0.2, -0.15) is 0 Å². The maximum absolute atomic E-state index is 12.0. The molecule has 0 radical (unpaired) electrons. The smallest absolute Gasteiger partial charge is 0.246 e. The number of hydrogen-bond acceptors (Lipinski definition) is 3. The molecule has 1 aromatic heterocycles. The van der Waals surface area contributed by atoms with Gasteiger partial charge in [-0.3, -0.25) is 4.79 Å². The summed E-state index contributed by atoms with van der Waals surface area (Å²) in [6.45, 7) is 0.637. The summed E-state index contributed by atoms with van der Waals surface area (Å²) in [5, 5.41) is 11.8. The largest absolute Gasteiger partial charge is 0.393 e. The van der Waals surface area contributed by atoms with Crippen molar-refractivity contribution in [2.75, 3.05) is 13.6 Å². The summed E-state index contributed by atoms with van der Waals surface area (Å²) in [7, 11) is 1.79. The van der Waals surface area contributed by atoms with Crippen LogP contribution in [0.2, 0.25) is 0 Å². The number of carbonyl (C=O) groups excluding carboxylic acids is 1. The molecule has 1 saturated carbocycles.